The molecular formula is C40H68N6O12. The molecule has 330 valence electrons. The van der Waals surface area contributed by atoms with Crippen LogP contribution in [-0.2, 0) is 47.7 Å². The predicted molar refractivity (Wildman–Crippen MR) is 216 cm³/mol. The van der Waals surface area contributed by atoms with Gasteiger partial charge in [0.1, 0.15) is 25.3 Å². The van der Waals surface area contributed by atoms with Gasteiger partial charge in [-0.25, -0.2) is 28.8 Å². The number of hydrogen-bond acceptors (Lipinski definition) is 12. The lowest BCUT2D eigenvalue weighted by Crippen LogP contribution is -2.47. The molecule has 0 spiro atoms. The van der Waals surface area contributed by atoms with Crippen molar-refractivity contribution in [2.75, 3.05) is 52.6 Å². The first-order valence-corrected chi connectivity index (χ1v) is 20.3. The van der Waals surface area contributed by atoms with E-state index in [9.17, 15) is 38.4 Å². The van der Waals surface area contributed by atoms with Gasteiger partial charge in [0, 0.05) is 37.1 Å². The third-order valence-electron chi connectivity index (χ3n) is 8.23. The van der Waals surface area contributed by atoms with Crippen molar-refractivity contribution in [2.24, 2.45) is 0 Å². The summed E-state index contributed by atoms with van der Waals surface area (Å²) in [7, 11) is 0. The normalized spacial score (nSPS) is 11.4. The highest BCUT2D eigenvalue weighted by atomic mass is 16.5. The maximum atomic E-state index is 12.3. The van der Waals surface area contributed by atoms with E-state index < -0.39 is 48.0 Å². The molecule has 18 nitrogen and oxygen atoms in total. The topological polar surface area (TPSA) is 246 Å². The minimum Gasteiger partial charge on any atom is -0.464 e. The third-order valence-corrected chi connectivity index (χ3v) is 8.23. The highest BCUT2D eigenvalue weighted by Gasteiger charge is 2.23. The molecule has 6 amide bonds. The standard InChI is InChI=1S/C40H68N6O12/c1-7-55-37(51)31(45-39(53)43-25-27-57-35(49)29(3)4)19-15-17-23-41-33(47)21-13-11-9-10-12-14-22-34(48)42-24-18-16-20-32(38(52)56-8-2)46-40(54)44-26-28-58-36(50)30(5)6/h31-32H,3,5,7-28H2,1-2,4,6H3,(H,41,47)(H,42,48)(H2,43,45,53)(H2,44,46,54)/t31-,32-/m0/s1. The van der Waals surface area contributed by atoms with Crippen molar-refractivity contribution in [3.8, 4) is 0 Å². The van der Waals surface area contributed by atoms with Crippen LogP contribution < -0.4 is 31.9 Å². The summed E-state index contributed by atoms with van der Waals surface area (Å²) in [6, 6.07) is -2.90. The summed E-state index contributed by atoms with van der Waals surface area (Å²) in [4.78, 5) is 96.4. The number of nitrogens with one attached hydrogen (secondary N) is 6. The maximum absolute atomic E-state index is 12.3. The lowest BCUT2D eigenvalue weighted by molar-refractivity contribution is -0.146. The minimum atomic E-state index is -0.856. The number of carbonyl (C=O) groups is 8. The fourth-order valence-corrected chi connectivity index (χ4v) is 5.12. The molecule has 0 saturated carbocycles. The van der Waals surface area contributed by atoms with Crippen LogP contribution in [0.2, 0.25) is 0 Å². The first kappa shape index (κ1) is 52.8. The Hall–Kier alpha value is -5.16. The zero-order valence-electron chi connectivity index (χ0n) is 35.0. The van der Waals surface area contributed by atoms with Crippen molar-refractivity contribution in [3.05, 3.63) is 24.3 Å². The Bertz CT molecular complexity index is 1230. The summed E-state index contributed by atoms with van der Waals surface area (Å²) in [6.07, 6.45) is 9.08. The van der Waals surface area contributed by atoms with Gasteiger partial charge in [0.05, 0.1) is 26.3 Å². The van der Waals surface area contributed by atoms with Crippen LogP contribution in [0.15, 0.2) is 24.3 Å². The van der Waals surface area contributed by atoms with Crippen LogP contribution in [0.3, 0.4) is 0 Å². The molecule has 0 radical (unpaired) electrons. The van der Waals surface area contributed by atoms with Crippen LogP contribution in [0.4, 0.5) is 9.59 Å². The van der Waals surface area contributed by atoms with E-state index in [-0.39, 0.29) is 62.5 Å². The van der Waals surface area contributed by atoms with Gasteiger partial charge in [-0.1, -0.05) is 38.8 Å². The molecule has 58 heavy (non-hydrogen) atoms. The maximum Gasteiger partial charge on any atom is 0.333 e. The van der Waals surface area contributed by atoms with E-state index in [1.165, 1.54) is 13.8 Å². The number of rotatable bonds is 33. The van der Waals surface area contributed by atoms with Crippen molar-refractivity contribution in [2.45, 2.75) is 130 Å². The largest absolute Gasteiger partial charge is 0.464 e. The average molecular weight is 825 g/mol. The summed E-state index contributed by atoms with van der Waals surface area (Å²) < 4.78 is 20.0. The van der Waals surface area contributed by atoms with E-state index in [2.05, 4.69) is 45.1 Å². The molecule has 0 unspecified atom stereocenters. The SMILES string of the molecule is C=C(C)C(=O)OCCNC(=O)N[C@@H](CCCCNC(=O)CCCCCCCCC(=O)NCCCC[C@H](NC(=O)NCCOC(=O)C(=C)C)C(=O)OCC)C(=O)OCC. The first-order chi connectivity index (χ1) is 27.7. The molecule has 0 aromatic carbocycles. The monoisotopic (exact) mass is 824 g/mol. The average Bonchev–Trinajstić information content (AvgIpc) is 3.17. The molecule has 0 bridgehead atoms. The second-order valence-electron chi connectivity index (χ2n) is 13.6. The number of unbranched alkanes of at least 4 members (excludes halogenated alkanes) is 7. The molecule has 0 aliphatic carbocycles. The van der Waals surface area contributed by atoms with Crippen molar-refractivity contribution in [3.63, 3.8) is 0 Å². The Morgan fingerprint density at radius 1 is 0.466 bits per heavy atom. The second kappa shape index (κ2) is 33.9. The molecule has 18 heteroatoms. The number of esters is 4. The van der Waals surface area contributed by atoms with Crippen LogP contribution in [0.25, 0.3) is 0 Å². The van der Waals surface area contributed by atoms with Gasteiger partial charge in [-0.05, 0) is 79.1 Å². The van der Waals surface area contributed by atoms with Crippen molar-refractivity contribution < 1.29 is 57.3 Å². The van der Waals surface area contributed by atoms with Crippen molar-refractivity contribution in [1.29, 1.82) is 0 Å². The zero-order valence-corrected chi connectivity index (χ0v) is 35.0. The summed E-state index contributed by atoms with van der Waals surface area (Å²) in [5.74, 6) is -2.30. The van der Waals surface area contributed by atoms with Gasteiger partial charge in [-0.3, -0.25) is 9.59 Å². The minimum absolute atomic E-state index is 0.0372. The Morgan fingerprint density at radius 2 is 0.828 bits per heavy atom. The molecule has 0 aromatic rings. The lowest BCUT2D eigenvalue weighted by atomic mass is 10.1. The number of urea groups is 2. The van der Waals surface area contributed by atoms with Crippen molar-refractivity contribution >= 4 is 47.8 Å². The predicted octanol–water partition coefficient (Wildman–Crippen LogP) is 3.38. The van der Waals surface area contributed by atoms with Gasteiger partial charge in [0.15, 0.2) is 0 Å². The second-order valence-corrected chi connectivity index (χ2v) is 13.6. The summed E-state index contributed by atoms with van der Waals surface area (Å²) in [5, 5.41) is 16.0. The number of carbonyl (C=O) groups excluding carboxylic acids is 8. The van der Waals surface area contributed by atoms with E-state index in [1.807, 2.05) is 0 Å². The third kappa shape index (κ3) is 29.1. The van der Waals surface area contributed by atoms with E-state index in [0.717, 1.165) is 38.5 Å². The number of amides is 6. The van der Waals surface area contributed by atoms with Crippen LogP contribution in [0.5, 0.6) is 0 Å². The fraction of sp³-hybridized carbons (Fsp3) is 0.700. The van der Waals surface area contributed by atoms with Gasteiger partial charge in [0.2, 0.25) is 11.8 Å². The molecule has 0 heterocycles. The highest BCUT2D eigenvalue weighted by molar-refractivity contribution is 5.87. The summed E-state index contributed by atoms with van der Waals surface area (Å²) in [5.41, 5.74) is 0.502. The lowest BCUT2D eigenvalue weighted by Gasteiger charge is -2.18. The van der Waals surface area contributed by atoms with E-state index in [1.54, 1.807) is 13.8 Å². The molecule has 2 atom stereocenters. The molecule has 0 rings (SSSR count). The Labute approximate surface area is 343 Å². The van der Waals surface area contributed by atoms with Gasteiger partial charge in [-0.15, -0.1) is 0 Å². The molecule has 6 N–H and O–H groups in total. The molecular weight excluding hydrogens is 756 g/mol. The van der Waals surface area contributed by atoms with Crippen LogP contribution >= 0.6 is 0 Å². The zero-order chi connectivity index (χ0) is 43.6. The molecule has 0 aliphatic heterocycles. The van der Waals surface area contributed by atoms with Crippen LogP contribution in [0, 0.1) is 0 Å². The number of hydrogen-bond donors (Lipinski definition) is 6. The molecule has 0 saturated heterocycles. The van der Waals surface area contributed by atoms with Crippen molar-refractivity contribution in [1.82, 2.24) is 31.9 Å². The smallest absolute Gasteiger partial charge is 0.333 e. The van der Waals surface area contributed by atoms with E-state index in [4.69, 9.17) is 18.9 Å². The Balaban J connectivity index is 4.06. The Morgan fingerprint density at radius 3 is 1.17 bits per heavy atom. The highest BCUT2D eigenvalue weighted by Crippen LogP contribution is 2.10. The summed E-state index contributed by atoms with van der Waals surface area (Å²) in [6.45, 7) is 14.6. The van der Waals surface area contributed by atoms with Gasteiger partial charge in [0.25, 0.3) is 0 Å². The van der Waals surface area contributed by atoms with Gasteiger partial charge in [-0.2, -0.15) is 0 Å². The van der Waals surface area contributed by atoms with Crippen LogP contribution in [-0.4, -0.2) is 112 Å². The first-order valence-electron chi connectivity index (χ1n) is 20.3. The van der Waals surface area contributed by atoms with E-state index >= 15 is 0 Å². The number of ether oxygens (including phenoxy) is 4. The van der Waals surface area contributed by atoms with Crippen LogP contribution in [0.1, 0.15) is 118 Å². The fourth-order valence-electron chi connectivity index (χ4n) is 5.12. The quantitative estimate of drug-likeness (QED) is 0.0242. The molecule has 0 aromatic heterocycles. The molecule has 0 aliphatic rings. The van der Waals surface area contributed by atoms with Gasteiger partial charge >= 0.3 is 35.9 Å². The Kier molecular flexibility index (Phi) is 30.9. The van der Waals surface area contributed by atoms with E-state index in [0.29, 0.717) is 64.5 Å². The van der Waals surface area contributed by atoms with Gasteiger partial charge < -0.3 is 50.8 Å². The molecule has 0 fully saturated rings. The summed E-state index contributed by atoms with van der Waals surface area (Å²) >= 11 is 0.